The third-order valence-corrected chi connectivity index (χ3v) is 2.87. The zero-order valence-electron chi connectivity index (χ0n) is 12.1. The van der Waals surface area contributed by atoms with E-state index in [0.29, 0.717) is 12.8 Å². The van der Waals surface area contributed by atoms with Crippen LogP contribution in [0.25, 0.3) is 0 Å². The molecule has 0 bridgehead atoms. The number of nitrogens with zero attached hydrogens (tertiary/aromatic N) is 1. The van der Waals surface area contributed by atoms with Crippen LogP contribution < -0.4 is 11.1 Å². The van der Waals surface area contributed by atoms with Crippen LogP contribution >= 0.6 is 0 Å². The monoisotopic (exact) mass is 311 g/mol. The molecule has 0 unspecified atom stereocenters. The van der Waals surface area contributed by atoms with Gasteiger partial charge in [-0.1, -0.05) is 29.4 Å². The van der Waals surface area contributed by atoms with Crippen molar-refractivity contribution in [1.29, 1.82) is 0 Å². The summed E-state index contributed by atoms with van der Waals surface area (Å²) in [5.74, 6) is -0.0183. The zero-order chi connectivity index (χ0) is 16.4. The van der Waals surface area contributed by atoms with Crippen LogP contribution in [0.15, 0.2) is 29.4 Å². The van der Waals surface area contributed by atoms with Crippen molar-refractivity contribution in [3.63, 3.8) is 0 Å². The largest absolute Gasteiger partial charge is 0.465 e. The number of oxime groups is 1. The number of hydrogen-bond acceptors (Lipinski definition) is 5. The lowest BCUT2D eigenvalue weighted by molar-refractivity contribution is 0.0974. The number of amides is 1. The molecule has 0 heterocycles. The van der Waals surface area contributed by atoms with Crippen LogP contribution in [0, 0.1) is 0 Å². The number of hydrogen-bond donors (Lipinski definition) is 5. The van der Waals surface area contributed by atoms with Gasteiger partial charge < -0.3 is 31.2 Å². The van der Waals surface area contributed by atoms with E-state index in [-0.39, 0.29) is 25.7 Å². The van der Waals surface area contributed by atoms with Gasteiger partial charge in [0.1, 0.15) is 6.61 Å². The number of nitrogens with one attached hydrogen (secondary N) is 1. The number of benzene rings is 1. The van der Waals surface area contributed by atoms with Gasteiger partial charge in [-0.2, -0.15) is 0 Å². The predicted molar refractivity (Wildman–Crippen MR) is 80.5 cm³/mol. The van der Waals surface area contributed by atoms with Crippen LogP contribution in [-0.2, 0) is 17.7 Å². The van der Waals surface area contributed by atoms with E-state index in [1.54, 1.807) is 0 Å². The zero-order valence-corrected chi connectivity index (χ0v) is 12.1. The molecular formula is C14H21N3O5. The van der Waals surface area contributed by atoms with E-state index in [1.807, 2.05) is 24.3 Å². The summed E-state index contributed by atoms with van der Waals surface area (Å²) in [5.41, 5.74) is 7.57. The summed E-state index contributed by atoms with van der Waals surface area (Å²) in [5, 5.41) is 32.2. The normalized spacial score (nSPS) is 12.7. The fourth-order valence-electron chi connectivity index (χ4n) is 1.81. The highest BCUT2D eigenvalue weighted by Gasteiger charge is 2.17. The van der Waals surface area contributed by atoms with Crippen LogP contribution in [0.1, 0.15) is 11.1 Å². The lowest BCUT2D eigenvalue weighted by atomic mass is 10.0. The van der Waals surface area contributed by atoms with E-state index in [9.17, 15) is 4.79 Å². The Kier molecular flexibility index (Phi) is 7.73. The molecule has 1 aromatic rings. The minimum atomic E-state index is -1.22. The van der Waals surface area contributed by atoms with E-state index in [1.165, 1.54) is 0 Å². The van der Waals surface area contributed by atoms with Crippen molar-refractivity contribution in [2.45, 2.75) is 18.9 Å². The molecule has 1 rings (SSSR count). The lowest BCUT2D eigenvalue weighted by Gasteiger charge is -2.16. The molecule has 1 amide bonds. The molecule has 0 saturated carbocycles. The Hall–Kier alpha value is -2.32. The van der Waals surface area contributed by atoms with E-state index in [4.69, 9.17) is 25.9 Å². The van der Waals surface area contributed by atoms with Gasteiger partial charge in [-0.3, -0.25) is 0 Å². The fraction of sp³-hybridized carbons (Fsp3) is 0.429. The van der Waals surface area contributed by atoms with Gasteiger partial charge in [-0.25, -0.2) is 4.79 Å². The SMILES string of the molecule is N/C(=N\OCCO)[C@H](Cc1ccc(CCO)cc1)NC(=O)O. The van der Waals surface area contributed by atoms with Gasteiger partial charge in [0, 0.05) is 13.0 Å². The maximum atomic E-state index is 10.8. The standard InChI is InChI=1S/C14H21N3O5/c15-13(17-22-8-7-19)12(16-14(20)21)9-11-3-1-10(2-4-11)5-6-18/h1-4,12,16,18-19H,5-9H2,(H2,15,17)(H,20,21)/t12-/m0/s1. The third-order valence-electron chi connectivity index (χ3n) is 2.87. The van der Waals surface area contributed by atoms with E-state index >= 15 is 0 Å². The molecule has 22 heavy (non-hydrogen) atoms. The Morgan fingerprint density at radius 2 is 1.86 bits per heavy atom. The van der Waals surface area contributed by atoms with Crippen LogP contribution in [0.4, 0.5) is 4.79 Å². The Balaban J connectivity index is 2.75. The first-order valence-electron chi connectivity index (χ1n) is 6.81. The van der Waals surface area contributed by atoms with Crippen LogP contribution in [-0.4, -0.2) is 53.1 Å². The second-order valence-corrected chi connectivity index (χ2v) is 4.57. The lowest BCUT2D eigenvalue weighted by Crippen LogP contribution is -2.45. The molecule has 6 N–H and O–H groups in total. The minimum absolute atomic E-state index is 0.0175. The maximum Gasteiger partial charge on any atom is 0.405 e. The first-order valence-corrected chi connectivity index (χ1v) is 6.81. The molecule has 0 saturated heterocycles. The number of amidine groups is 1. The summed E-state index contributed by atoms with van der Waals surface area (Å²) in [7, 11) is 0. The highest BCUT2D eigenvalue weighted by Crippen LogP contribution is 2.08. The van der Waals surface area contributed by atoms with Crippen molar-refractivity contribution in [2.24, 2.45) is 10.9 Å². The van der Waals surface area contributed by atoms with Crippen LogP contribution in [0.5, 0.6) is 0 Å². The van der Waals surface area contributed by atoms with E-state index < -0.39 is 12.1 Å². The van der Waals surface area contributed by atoms with Crippen LogP contribution in [0.3, 0.4) is 0 Å². The molecule has 0 aliphatic carbocycles. The second kappa shape index (κ2) is 9.59. The summed E-state index contributed by atoms with van der Waals surface area (Å²) in [4.78, 5) is 15.6. The van der Waals surface area contributed by atoms with Crippen LogP contribution in [0.2, 0.25) is 0 Å². The second-order valence-electron chi connectivity index (χ2n) is 4.57. The molecule has 0 aromatic heterocycles. The first-order chi connectivity index (χ1) is 10.6. The third kappa shape index (κ3) is 6.42. The average molecular weight is 311 g/mol. The molecule has 8 heteroatoms. The Morgan fingerprint density at radius 1 is 1.23 bits per heavy atom. The topological polar surface area (TPSA) is 137 Å². The van der Waals surface area contributed by atoms with Gasteiger partial charge in [0.15, 0.2) is 5.84 Å². The highest BCUT2D eigenvalue weighted by molar-refractivity contribution is 5.88. The number of carbonyl (C=O) groups is 1. The molecule has 0 aliphatic rings. The Bertz CT molecular complexity index is 490. The molecule has 1 atom stereocenters. The maximum absolute atomic E-state index is 10.8. The van der Waals surface area contributed by atoms with Crippen molar-refractivity contribution in [3.8, 4) is 0 Å². The molecule has 1 aromatic carbocycles. The molecule has 0 spiro atoms. The first kappa shape index (κ1) is 17.7. The number of carboxylic acid groups (broad SMARTS) is 1. The smallest absolute Gasteiger partial charge is 0.405 e. The minimum Gasteiger partial charge on any atom is -0.465 e. The van der Waals surface area contributed by atoms with Crippen molar-refractivity contribution < 1.29 is 25.0 Å². The van der Waals surface area contributed by atoms with E-state index in [0.717, 1.165) is 11.1 Å². The van der Waals surface area contributed by atoms with Gasteiger partial charge in [-0.05, 0) is 17.5 Å². The summed E-state index contributed by atoms with van der Waals surface area (Å²) >= 11 is 0. The van der Waals surface area contributed by atoms with Gasteiger partial charge in [0.2, 0.25) is 0 Å². The molecular weight excluding hydrogens is 290 g/mol. The van der Waals surface area contributed by atoms with Gasteiger partial charge in [0.05, 0.1) is 12.6 Å². The molecule has 8 nitrogen and oxygen atoms in total. The number of aliphatic hydroxyl groups excluding tert-OH is 2. The number of aliphatic hydroxyl groups is 2. The quantitative estimate of drug-likeness (QED) is 0.183. The van der Waals surface area contributed by atoms with Gasteiger partial charge in [-0.15, -0.1) is 0 Å². The fourth-order valence-corrected chi connectivity index (χ4v) is 1.81. The van der Waals surface area contributed by atoms with Gasteiger partial charge in [0.25, 0.3) is 0 Å². The highest BCUT2D eigenvalue weighted by atomic mass is 16.6. The summed E-state index contributed by atoms with van der Waals surface area (Å²) < 4.78 is 0. The molecule has 122 valence electrons. The summed E-state index contributed by atoms with van der Waals surface area (Å²) in [6.07, 6.45) is -0.346. The molecule has 0 fully saturated rings. The number of nitrogens with two attached hydrogens (primary N) is 1. The predicted octanol–water partition coefficient (Wildman–Crippen LogP) is -0.319. The van der Waals surface area contributed by atoms with Gasteiger partial charge >= 0.3 is 6.09 Å². The van der Waals surface area contributed by atoms with Crippen molar-refractivity contribution in [2.75, 3.05) is 19.8 Å². The Morgan fingerprint density at radius 3 is 2.41 bits per heavy atom. The summed E-state index contributed by atoms with van der Waals surface area (Å²) in [6, 6.07) is 6.66. The van der Waals surface area contributed by atoms with E-state index in [2.05, 4.69) is 10.5 Å². The van der Waals surface area contributed by atoms with Crippen molar-refractivity contribution >= 4 is 11.9 Å². The van der Waals surface area contributed by atoms with Crippen molar-refractivity contribution in [3.05, 3.63) is 35.4 Å². The molecule has 0 aliphatic heterocycles. The summed E-state index contributed by atoms with van der Waals surface area (Å²) in [6.45, 7) is -0.152. The molecule has 0 radical (unpaired) electrons. The van der Waals surface area contributed by atoms with Crippen molar-refractivity contribution in [1.82, 2.24) is 5.32 Å². The number of rotatable bonds is 9. The average Bonchev–Trinajstić information content (AvgIpc) is 2.48. The Labute approximate surface area is 128 Å².